The molecule has 0 saturated carbocycles. The largest absolute Gasteiger partial charge is 0.497 e. The number of benzene rings is 1. The summed E-state index contributed by atoms with van der Waals surface area (Å²) >= 11 is 0. The molecule has 16 heavy (non-hydrogen) atoms. The Morgan fingerprint density at radius 3 is 3.00 bits per heavy atom. The fourth-order valence-electron chi connectivity index (χ4n) is 1.70. The number of ether oxygens (including phenoxy) is 1. The summed E-state index contributed by atoms with van der Waals surface area (Å²) in [4.78, 5) is 13.1. The molecule has 1 heterocycles. The van der Waals surface area contributed by atoms with Crippen molar-refractivity contribution in [3.05, 3.63) is 40.1 Å². The van der Waals surface area contributed by atoms with Gasteiger partial charge in [0.25, 0.3) is 0 Å². The third kappa shape index (κ3) is 1.98. The van der Waals surface area contributed by atoms with E-state index in [1.54, 1.807) is 7.11 Å². The van der Waals surface area contributed by atoms with Gasteiger partial charge in [0.2, 0.25) is 6.54 Å². The molecule has 0 bridgehead atoms. The van der Waals surface area contributed by atoms with E-state index in [9.17, 15) is 10.1 Å². The van der Waals surface area contributed by atoms with Crippen molar-refractivity contribution in [2.45, 2.75) is 6.42 Å². The molecule has 1 N–H and O–H groups in total. The Labute approximate surface area is 92.2 Å². The summed E-state index contributed by atoms with van der Waals surface area (Å²) in [5, 5.41) is 11.3. The van der Waals surface area contributed by atoms with Crippen LogP contribution >= 0.6 is 0 Å². The standard InChI is InChI=1S/C11H12N2O3/c1-16-9-2-3-11-10(6-9)8(7-12-11)4-5-13(14)15/h2-3,6-7,12H,4-5H2,1H3. The van der Waals surface area contributed by atoms with Crippen LogP contribution in [-0.4, -0.2) is 23.6 Å². The van der Waals surface area contributed by atoms with Crippen molar-refractivity contribution < 1.29 is 9.66 Å². The Morgan fingerprint density at radius 2 is 2.31 bits per heavy atom. The molecular formula is C11H12N2O3. The summed E-state index contributed by atoms with van der Waals surface area (Å²) < 4.78 is 5.12. The normalized spacial score (nSPS) is 10.6. The summed E-state index contributed by atoms with van der Waals surface area (Å²) in [6.45, 7) is -0.0514. The summed E-state index contributed by atoms with van der Waals surface area (Å²) in [7, 11) is 1.60. The number of nitrogens with one attached hydrogen (secondary N) is 1. The summed E-state index contributed by atoms with van der Waals surface area (Å²) in [6, 6.07) is 5.65. The van der Waals surface area contributed by atoms with Crippen LogP contribution in [0.3, 0.4) is 0 Å². The highest BCUT2D eigenvalue weighted by atomic mass is 16.6. The van der Waals surface area contributed by atoms with Crippen LogP contribution in [0.4, 0.5) is 0 Å². The van der Waals surface area contributed by atoms with Crippen LogP contribution in [0.5, 0.6) is 5.75 Å². The maximum absolute atomic E-state index is 10.3. The van der Waals surface area contributed by atoms with Crippen LogP contribution in [0.2, 0.25) is 0 Å². The zero-order valence-electron chi connectivity index (χ0n) is 8.90. The van der Waals surface area contributed by atoms with Crippen LogP contribution in [0.1, 0.15) is 5.56 Å². The molecule has 0 fully saturated rings. The van der Waals surface area contributed by atoms with Gasteiger partial charge in [-0.3, -0.25) is 10.1 Å². The van der Waals surface area contributed by atoms with Gasteiger partial charge < -0.3 is 9.72 Å². The van der Waals surface area contributed by atoms with Gasteiger partial charge in [-0.1, -0.05) is 0 Å². The Bertz CT molecular complexity index is 519. The Hall–Kier alpha value is -2.04. The molecule has 1 aromatic heterocycles. The topological polar surface area (TPSA) is 68.2 Å². The predicted octanol–water partition coefficient (Wildman–Crippen LogP) is 2.00. The highest BCUT2D eigenvalue weighted by molar-refractivity contribution is 5.84. The van der Waals surface area contributed by atoms with Gasteiger partial charge >= 0.3 is 0 Å². The molecule has 5 nitrogen and oxygen atoms in total. The quantitative estimate of drug-likeness (QED) is 0.632. The molecule has 84 valence electrons. The van der Waals surface area contributed by atoms with E-state index in [0.29, 0.717) is 6.42 Å². The molecule has 2 aromatic rings. The van der Waals surface area contributed by atoms with Crippen LogP contribution in [-0.2, 0) is 6.42 Å². The molecule has 0 saturated heterocycles. The van der Waals surface area contributed by atoms with Gasteiger partial charge in [0.15, 0.2) is 0 Å². The van der Waals surface area contributed by atoms with E-state index in [1.165, 1.54) is 0 Å². The fraction of sp³-hybridized carbons (Fsp3) is 0.273. The van der Waals surface area contributed by atoms with Crippen molar-refractivity contribution in [2.24, 2.45) is 0 Å². The molecule has 5 heteroatoms. The van der Waals surface area contributed by atoms with Gasteiger partial charge in [-0.05, 0) is 23.8 Å². The lowest BCUT2D eigenvalue weighted by Crippen LogP contribution is -2.03. The van der Waals surface area contributed by atoms with E-state index in [4.69, 9.17) is 4.74 Å². The average Bonchev–Trinajstić information content (AvgIpc) is 2.68. The van der Waals surface area contributed by atoms with Crippen molar-refractivity contribution in [3.63, 3.8) is 0 Å². The molecule has 0 aliphatic rings. The second kappa shape index (κ2) is 4.22. The highest BCUT2D eigenvalue weighted by Crippen LogP contribution is 2.23. The maximum Gasteiger partial charge on any atom is 0.207 e. The smallest absolute Gasteiger partial charge is 0.207 e. The van der Waals surface area contributed by atoms with E-state index in [-0.39, 0.29) is 11.5 Å². The first kappa shape index (κ1) is 10.5. The highest BCUT2D eigenvalue weighted by Gasteiger charge is 2.07. The molecule has 0 unspecified atom stereocenters. The van der Waals surface area contributed by atoms with E-state index in [1.807, 2.05) is 24.4 Å². The number of nitrogens with zero attached hydrogens (tertiary/aromatic N) is 1. The van der Waals surface area contributed by atoms with Crippen molar-refractivity contribution in [3.8, 4) is 5.75 Å². The van der Waals surface area contributed by atoms with E-state index in [0.717, 1.165) is 22.2 Å². The second-order valence-electron chi connectivity index (χ2n) is 3.53. The Morgan fingerprint density at radius 1 is 1.50 bits per heavy atom. The molecule has 0 spiro atoms. The predicted molar refractivity (Wildman–Crippen MR) is 60.4 cm³/mol. The minimum absolute atomic E-state index is 0.0514. The van der Waals surface area contributed by atoms with Crippen molar-refractivity contribution in [1.29, 1.82) is 0 Å². The number of nitro groups is 1. The van der Waals surface area contributed by atoms with Crippen molar-refractivity contribution in [2.75, 3.05) is 13.7 Å². The lowest BCUT2D eigenvalue weighted by Gasteiger charge is -2.00. The van der Waals surface area contributed by atoms with Gasteiger partial charge in [-0.25, -0.2) is 0 Å². The lowest BCUT2D eigenvalue weighted by atomic mass is 10.1. The zero-order valence-corrected chi connectivity index (χ0v) is 8.90. The van der Waals surface area contributed by atoms with E-state index < -0.39 is 0 Å². The van der Waals surface area contributed by atoms with Crippen LogP contribution < -0.4 is 4.74 Å². The first-order chi connectivity index (χ1) is 7.70. The van der Waals surface area contributed by atoms with E-state index >= 15 is 0 Å². The molecule has 0 atom stereocenters. The number of hydrogen-bond acceptors (Lipinski definition) is 3. The van der Waals surface area contributed by atoms with Crippen molar-refractivity contribution in [1.82, 2.24) is 4.98 Å². The SMILES string of the molecule is COc1ccc2[nH]cc(CC[N+](=O)[O-])c2c1. The molecule has 0 aliphatic carbocycles. The summed E-state index contributed by atoms with van der Waals surface area (Å²) in [5.74, 6) is 0.759. The summed E-state index contributed by atoms with van der Waals surface area (Å²) in [6.07, 6.45) is 2.24. The van der Waals surface area contributed by atoms with Gasteiger partial charge in [0.05, 0.1) is 7.11 Å². The fourth-order valence-corrected chi connectivity index (χ4v) is 1.70. The molecule has 0 aliphatic heterocycles. The maximum atomic E-state index is 10.3. The Balaban J connectivity index is 2.34. The zero-order chi connectivity index (χ0) is 11.5. The lowest BCUT2D eigenvalue weighted by molar-refractivity contribution is -0.479. The van der Waals surface area contributed by atoms with Gasteiger partial charge in [0.1, 0.15) is 5.75 Å². The van der Waals surface area contributed by atoms with Gasteiger partial charge in [0, 0.05) is 28.4 Å². The monoisotopic (exact) mass is 220 g/mol. The van der Waals surface area contributed by atoms with Gasteiger partial charge in [-0.2, -0.15) is 0 Å². The number of rotatable bonds is 4. The molecule has 2 rings (SSSR count). The molecule has 0 amide bonds. The molecular weight excluding hydrogens is 208 g/mol. The number of H-pyrrole nitrogens is 1. The number of hydrogen-bond donors (Lipinski definition) is 1. The van der Waals surface area contributed by atoms with Gasteiger partial charge in [-0.15, -0.1) is 0 Å². The van der Waals surface area contributed by atoms with Crippen LogP contribution in [0.25, 0.3) is 10.9 Å². The molecule has 0 radical (unpaired) electrons. The summed E-state index contributed by atoms with van der Waals surface area (Å²) in [5.41, 5.74) is 1.92. The Kier molecular flexibility index (Phi) is 2.76. The second-order valence-corrected chi connectivity index (χ2v) is 3.53. The number of fused-ring (bicyclic) bond motifs is 1. The van der Waals surface area contributed by atoms with Crippen LogP contribution in [0.15, 0.2) is 24.4 Å². The third-order valence-corrected chi connectivity index (χ3v) is 2.54. The number of methoxy groups -OCH3 is 1. The first-order valence-corrected chi connectivity index (χ1v) is 4.96. The minimum atomic E-state index is -0.307. The van der Waals surface area contributed by atoms with Crippen molar-refractivity contribution >= 4 is 10.9 Å². The number of aromatic nitrogens is 1. The van der Waals surface area contributed by atoms with E-state index in [2.05, 4.69) is 4.98 Å². The third-order valence-electron chi connectivity index (χ3n) is 2.54. The van der Waals surface area contributed by atoms with Crippen LogP contribution in [0, 0.1) is 10.1 Å². The minimum Gasteiger partial charge on any atom is -0.497 e. The molecule has 1 aromatic carbocycles. The first-order valence-electron chi connectivity index (χ1n) is 4.96. The number of aromatic amines is 1. The average molecular weight is 220 g/mol.